The molecule has 5 heteroatoms. The topological polar surface area (TPSA) is 69.8 Å². The van der Waals surface area contributed by atoms with Gasteiger partial charge in [-0.1, -0.05) is 6.92 Å². The lowest BCUT2D eigenvalue weighted by molar-refractivity contribution is 0.149. The number of hydrogen-bond donors (Lipinski definition) is 2. The van der Waals surface area contributed by atoms with Crippen LogP contribution in [0.3, 0.4) is 0 Å². The first-order valence-electron chi connectivity index (χ1n) is 6.86. The summed E-state index contributed by atoms with van der Waals surface area (Å²) in [5.41, 5.74) is 6.19. The number of amides is 2. The number of aromatic hydroxyl groups is 1. The smallest absolute Gasteiger partial charge is 0.319 e. The Morgan fingerprint density at radius 2 is 1.75 bits per heavy atom. The number of urea groups is 1. The number of nitrogens with two attached hydrogens (primary N) is 1. The molecule has 0 spiro atoms. The zero-order valence-electron chi connectivity index (χ0n) is 12.8. The lowest BCUT2D eigenvalue weighted by atomic mass is 10.1. The normalized spacial score (nSPS) is 11.7. The maximum Gasteiger partial charge on any atom is 0.319 e. The maximum atomic E-state index is 11.6. The van der Waals surface area contributed by atoms with E-state index in [4.69, 9.17) is 5.73 Å². The van der Waals surface area contributed by atoms with Crippen molar-refractivity contribution in [1.82, 2.24) is 4.90 Å². The highest BCUT2D eigenvalue weighted by Crippen LogP contribution is 2.19. The highest BCUT2D eigenvalue weighted by atomic mass is 16.3. The van der Waals surface area contributed by atoms with Gasteiger partial charge in [-0.15, -0.1) is 0 Å². The van der Waals surface area contributed by atoms with E-state index in [0.29, 0.717) is 12.2 Å². The molecule has 0 aromatic heterocycles. The molecule has 1 rings (SSSR count). The molecule has 0 saturated heterocycles. The lowest BCUT2D eigenvalue weighted by Crippen LogP contribution is -2.47. The quantitative estimate of drug-likeness (QED) is 0.869. The molecule has 0 aliphatic carbocycles. The summed E-state index contributed by atoms with van der Waals surface area (Å²) in [5, 5.41) is 9.30. The fourth-order valence-corrected chi connectivity index (χ4v) is 2.19. The summed E-state index contributed by atoms with van der Waals surface area (Å²) >= 11 is 0. The first-order chi connectivity index (χ1) is 9.25. The summed E-state index contributed by atoms with van der Waals surface area (Å²) in [7, 11) is 0. The molecular formula is C15H25N3O2. The monoisotopic (exact) mass is 279 g/mol. The summed E-state index contributed by atoms with van der Waals surface area (Å²) in [6, 6.07) is 5.99. The van der Waals surface area contributed by atoms with Gasteiger partial charge in [-0.25, -0.2) is 4.79 Å². The van der Waals surface area contributed by atoms with E-state index in [1.165, 1.54) is 4.90 Å². The molecule has 1 aromatic carbocycles. The number of phenols is 1. The Labute approximate surface area is 121 Å². The number of primary amides is 1. The van der Waals surface area contributed by atoms with Gasteiger partial charge in [0.15, 0.2) is 0 Å². The molecule has 0 unspecified atom stereocenters. The van der Waals surface area contributed by atoms with Crippen molar-refractivity contribution in [3.63, 3.8) is 0 Å². The fraction of sp³-hybridized carbons (Fsp3) is 0.533. The van der Waals surface area contributed by atoms with Gasteiger partial charge in [-0.2, -0.15) is 0 Å². The minimum absolute atomic E-state index is 0.0486. The summed E-state index contributed by atoms with van der Waals surface area (Å²) in [5.74, 6) is 0.169. The van der Waals surface area contributed by atoms with Crippen LogP contribution in [0.1, 0.15) is 27.7 Å². The third kappa shape index (κ3) is 4.42. The van der Waals surface area contributed by atoms with E-state index in [2.05, 4.69) is 32.6 Å². The lowest BCUT2D eigenvalue weighted by Gasteiger charge is -2.36. The van der Waals surface area contributed by atoms with Gasteiger partial charge >= 0.3 is 6.03 Å². The maximum absolute atomic E-state index is 11.6. The van der Waals surface area contributed by atoms with Gasteiger partial charge in [-0.05, 0) is 51.6 Å². The second kappa shape index (κ2) is 6.61. The van der Waals surface area contributed by atoms with Gasteiger partial charge in [-0.3, -0.25) is 9.80 Å². The number of anilines is 1. The molecule has 3 N–H and O–H groups in total. The summed E-state index contributed by atoms with van der Waals surface area (Å²) in [6.45, 7) is 10.7. The molecule has 0 aliphatic rings. The van der Waals surface area contributed by atoms with Gasteiger partial charge in [0, 0.05) is 24.3 Å². The molecule has 0 saturated carbocycles. The average molecular weight is 279 g/mol. The van der Waals surface area contributed by atoms with E-state index in [9.17, 15) is 9.90 Å². The Balaban J connectivity index is 2.78. The van der Waals surface area contributed by atoms with Crippen molar-refractivity contribution in [3.8, 4) is 5.75 Å². The second-order valence-electron chi connectivity index (χ2n) is 5.76. The van der Waals surface area contributed by atoms with Crippen LogP contribution in [0, 0.1) is 0 Å². The molecule has 20 heavy (non-hydrogen) atoms. The van der Waals surface area contributed by atoms with E-state index in [1.807, 2.05) is 0 Å². The molecule has 0 fully saturated rings. The van der Waals surface area contributed by atoms with Crippen LogP contribution >= 0.6 is 0 Å². The molecule has 0 atom stereocenters. The molecule has 1 aromatic rings. The van der Waals surface area contributed by atoms with Crippen LogP contribution in [0.4, 0.5) is 10.5 Å². The molecule has 2 amide bonds. The SMILES string of the molecule is CCN(CCN(C(N)=O)c1ccc(O)cc1)C(C)(C)C. The van der Waals surface area contributed by atoms with Crippen molar-refractivity contribution in [2.24, 2.45) is 5.73 Å². The van der Waals surface area contributed by atoms with E-state index >= 15 is 0 Å². The Bertz CT molecular complexity index is 437. The van der Waals surface area contributed by atoms with Crippen LogP contribution < -0.4 is 10.6 Å². The molecule has 0 heterocycles. The number of nitrogens with zero attached hydrogens (tertiary/aromatic N) is 2. The predicted molar refractivity (Wildman–Crippen MR) is 82.0 cm³/mol. The van der Waals surface area contributed by atoms with E-state index < -0.39 is 6.03 Å². The van der Waals surface area contributed by atoms with Crippen LogP contribution in [0.25, 0.3) is 0 Å². The van der Waals surface area contributed by atoms with Gasteiger partial charge in [0.05, 0.1) is 0 Å². The molecular weight excluding hydrogens is 254 g/mol. The van der Waals surface area contributed by atoms with Crippen molar-refractivity contribution in [1.29, 1.82) is 0 Å². The van der Waals surface area contributed by atoms with E-state index in [0.717, 1.165) is 13.1 Å². The van der Waals surface area contributed by atoms with E-state index in [1.54, 1.807) is 24.3 Å². The first-order valence-corrected chi connectivity index (χ1v) is 6.86. The van der Waals surface area contributed by atoms with Gasteiger partial charge in [0.1, 0.15) is 5.75 Å². The van der Waals surface area contributed by atoms with Crippen LogP contribution in [-0.2, 0) is 0 Å². The summed E-state index contributed by atoms with van der Waals surface area (Å²) < 4.78 is 0. The van der Waals surface area contributed by atoms with Gasteiger partial charge in [0.2, 0.25) is 0 Å². The zero-order valence-corrected chi connectivity index (χ0v) is 12.8. The van der Waals surface area contributed by atoms with Crippen LogP contribution in [0.15, 0.2) is 24.3 Å². The third-order valence-electron chi connectivity index (χ3n) is 3.35. The Hall–Kier alpha value is -1.75. The van der Waals surface area contributed by atoms with Crippen molar-refractivity contribution in [2.45, 2.75) is 33.2 Å². The molecule has 0 bridgehead atoms. The Kier molecular flexibility index (Phi) is 5.39. The highest BCUT2D eigenvalue weighted by Gasteiger charge is 2.21. The number of hydrogen-bond acceptors (Lipinski definition) is 3. The summed E-state index contributed by atoms with van der Waals surface area (Å²) in [6.07, 6.45) is 0. The molecule has 0 aliphatic heterocycles. The number of carbonyl (C=O) groups excluding carboxylic acids is 1. The van der Waals surface area contributed by atoms with Crippen molar-refractivity contribution < 1.29 is 9.90 Å². The average Bonchev–Trinajstić information content (AvgIpc) is 2.34. The Morgan fingerprint density at radius 3 is 2.15 bits per heavy atom. The van der Waals surface area contributed by atoms with Crippen molar-refractivity contribution in [2.75, 3.05) is 24.5 Å². The van der Waals surface area contributed by atoms with Crippen LogP contribution in [0.5, 0.6) is 5.75 Å². The summed E-state index contributed by atoms with van der Waals surface area (Å²) in [4.78, 5) is 15.4. The number of benzene rings is 1. The number of rotatable bonds is 5. The predicted octanol–water partition coefficient (Wildman–Crippen LogP) is 2.40. The van der Waals surface area contributed by atoms with Crippen molar-refractivity contribution in [3.05, 3.63) is 24.3 Å². The largest absolute Gasteiger partial charge is 0.508 e. The highest BCUT2D eigenvalue weighted by molar-refractivity contribution is 5.90. The number of likely N-dealkylation sites (N-methyl/N-ethyl adjacent to an activating group) is 1. The standard InChI is InChI=1S/C15H25N3O2/c1-5-17(15(2,3)4)10-11-18(14(16)20)12-6-8-13(19)9-7-12/h6-9,19H,5,10-11H2,1-4H3,(H2,16,20). The fourth-order valence-electron chi connectivity index (χ4n) is 2.19. The van der Waals surface area contributed by atoms with Gasteiger partial charge < -0.3 is 10.8 Å². The molecule has 0 radical (unpaired) electrons. The Morgan fingerprint density at radius 1 is 1.20 bits per heavy atom. The zero-order chi connectivity index (χ0) is 15.3. The minimum atomic E-state index is -0.486. The molecule has 112 valence electrons. The van der Waals surface area contributed by atoms with Crippen molar-refractivity contribution >= 4 is 11.7 Å². The van der Waals surface area contributed by atoms with Crippen LogP contribution in [0.2, 0.25) is 0 Å². The number of phenolic OH excluding ortho intramolecular Hbond substituents is 1. The van der Waals surface area contributed by atoms with E-state index in [-0.39, 0.29) is 11.3 Å². The second-order valence-corrected chi connectivity index (χ2v) is 5.76. The van der Waals surface area contributed by atoms with Gasteiger partial charge in [0.25, 0.3) is 0 Å². The number of carbonyl (C=O) groups is 1. The minimum Gasteiger partial charge on any atom is -0.508 e. The third-order valence-corrected chi connectivity index (χ3v) is 3.35. The first kappa shape index (κ1) is 16.3. The molecule has 5 nitrogen and oxygen atoms in total. The van der Waals surface area contributed by atoms with Crippen LogP contribution in [-0.4, -0.2) is 41.2 Å².